The number of hydrogen-bond donors (Lipinski definition) is 1. The Bertz CT molecular complexity index is 1320. The third-order valence-corrected chi connectivity index (χ3v) is 7.47. The SMILES string of the molecule is COC1CN(Cc2ccc(C#Cc3ccc([C@H](CC4=C(O)C(=O)CC=N4)CN4CC(C#N)C4)cc3)cc2)C1. The molecule has 5 rings (SSSR count). The van der Waals surface area contributed by atoms with E-state index < -0.39 is 0 Å². The second kappa shape index (κ2) is 11.8. The molecule has 2 fully saturated rings. The zero-order valence-corrected chi connectivity index (χ0v) is 21.6. The van der Waals surface area contributed by atoms with Crippen LogP contribution in [0.15, 0.2) is 65.0 Å². The van der Waals surface area contributed by atoms with Crippen LogP contribution in [-0.2, 0) is 16.1 Å². The Labute approximate surface area is 224 Å². The first-order valence-electron chi connectivity index (χ1n) is 13.1. The molecule has 0 bridgehead atoms. The van der Waals surface area contributed by atoms with E-state index in [2.05, 4.69) is 69.1 Å². The Kier molecular flexibility index (Phi) is 8.00. The molecule has 7 heteroatoms. The van der Waals surface area contributed by atoms with E-state index in [1.54, 1.807) is 13.3 Å². The molecule has 2 saturated heterocycles. The highest BCUT2D eigenvalue weighted by atomic mass is 16.5. The largest absolute Gasteiger partial charge is 0.503 e. The fraction of sp³-hybridized carbons (Fsp3) is 0.387. The summed E-state index contributed by atoms with van der Waals surface area (Å²) in [5.41, 5.74) is 4.69. The van der Waals surface area contributed by atoms with Gasteiger partial charge in [0.15, 0.2) is 5.76 Å². The molecule has 3 aliphatic rings. The summed E-state index contributed by atoms with van der Waals surface area (Å²) in [6.45, 7) is 5.12. The van der Waals surface area contributed by atoms with Gasteiger partial charge in [-0.1, -0.05) is 36.1 Å². The first-order chi connectivity index (χ1) is 18.5. The number of nitrogens with zero attached hydrogens (tertiary/aromatic N) is 4. The van der Waals surface area contributed by atoms with E-state index in [0.29, 0.717) is 18.2 Å². The van der Waals surface area contributed by atoms with Gasteiger partial charge in [0.2, 0.25) is 5.78 Å². The van der Waals surface area contributed by atoms with Crippen molar-refractivity contribution in [3.05, 3.63) is 82.2 Å². The van der Waals surface area contributed by atoms with E-state index in [4.69, 9.17) is 10.00 Å². The maximum atomic E-state index is 12.0. The molecular weight excluding hydrogens is 476 g/mol. The van der Waals surface area contributed by atoms with E-state index in [1.165, 1.54) is 5.56 Å². The number of benzene rings is 2. The molecule has 0 amide bonds. The van der Waals surface area contributed by atoms with Crippen LogP contribution in [-0.4, -0.2) is 72.8 Å². The van der Waals surface area contributed by atoms with Crippen LogP contribution in [0.5, 0.6) is 0 Å². The normalized spacial score (nSPS) is 19.3. The minimum absolute atomic E-state index is 0.0370. The summed E-state index contributed by atoms with van der Waals surface area (Å²) in [4.78, 5) is 20.9. The Hall–Kier alpha value is -3.75. The fourth-order valence-corrected chi connectivity index (χ4v) is 5.08. The van der Waals surface area contributed by atoms with Crippen LogP contribution in [0, 0.1) is 29.1 Å². The van der Waals surface area contributed by atoms with Crippen molar-refractivity contribution >= 4 is 12.0 Å². The molecule has 0 saturated carbocycles. The second-order valence-corrected chi connectivity index (χ2v) is 10.3. The van der Waals surface area contributed by atoms with E-state index in [0.717, 1.165) is 56.0 Å². The molecule has 38 heavy (non-hydrogen) atoms. The van der Waals surface area contributed by atoms with Gasteiger partial charge in [-0.25, -0.2) is 0 Å². The maximum absolute atomic E-state index is 12.0. The third-order valence-electron chi connectivity index (χ3n) is 7.47. The molecule has 0 spiro atoms. The van der Waals surface area contributed by atoms with E-state index in [-0.39, 0.29) is 29.8 Å². The third kappa shape index (κ3) is 6.20. The van der Waals surface area contributed by atoms with Gasteiger partial charge in [0.1, 0.15) is 0 Å². The summed E-state index contributed by atoms with van der Waals surface area (Å²) >= 11 is 0. The van der Waals surface area contributed by atoms with Gasteiger partial charge in [0.25, 0.3) is 0 Å². The standard InChI is InChI=1S/C31H32N4O3/c1-38-28-20-35(21-28)16-24-6-4-22(5-7-24)2-3-23-8-10-26(11-9-23)27(19-34-17-25(15-32)18-34)14-29-31(37)30(36)12-13-33-29/h4-11,13,25,27-28,37H,12,14,16-21H2,1H3/t27-/m1/s1. The zero-order valence-electron chi connectivity index (χ0n) is 21.6. The van der Waals surface area contributed by atoms with Gasteiger partial charge in [-0.05, 0) is 35.4 Å². The van der Waals surface area contributed by atoms with Gasteiger partial charge in [-0.3, -0.25) is 14.7 Å². The molecule has 2 aromatic rings. The smallest absolute Gasteiger partial charge is 0.204 e. The quantitative estimate of drug-likeness (QED) is 0.548. The number of carbonyl (C=O) groups is 1. The molecule has 0 radical (unpaired) electrons. The first kappa shape index (κ1) is 25.9. The van der Waals surface area contributed by atoms with Crippen molar-refractivity contribution in [1.82, 2.24) is 9.80 Å². The van der Waals surface area contributed by atoms with Crippen molar-refractivity contribution in [3.63, 3.8) is 0 Å². The molecule has 7 nitrogen and oxygen atoms in total. The highest BCUT2D eigenvalue weighted by Crippen LogP contribution is 2.30. The lowest BCUT2D eigenvalue weighted by atomic mass is 9.89. The number of carbonyl (C=O) groups excluding carboxylic acids is 1. The van der Waals surface area contributed by atoms with Crippen molar-refractivity contribution < 1.29 is 14.6 Å². The summed E-state index contributed by atoms with van der Waals surface area (Å²) in [6.07, 6.45) is 2.53. The predicted octanol–water partition coefficient (Wildman–Crippen LogP) is 3.66. The van der Waals surface area contributed by atoms with Crippen LogP contribution in [0.1, 0.15) is 41.0 Å². The number of aliphatic imine (C=N–C) groups is 1. The monoisotopic (exact) mass is 508 g/mol. The summed E-state index contributed by atoms with van der Waals surface area (Å²) in [6, 6.07) is 18.8. The van der Waals surface area contributed by atoms with Gasteiger partial charge in [-0.2, -0.15) is 5.26 Å². The molecule has 2 aromatic carbocycles. The minimum atomic E-state index is -0.291. The maximum Gasteiger partial charge on any atom is 0.204 e. The number of nitriles is 1. The molecular formula is C31H32N4O3. The lowest BCUT2D eigenvalue weighted by molar-refractivity contribution is -0.117. The van der Waals surface area contributed by atoms with Gasteiger partial charge in [-0.15, -0.1) is 0 Å². The van der Waals surface area contributed by atoms with Crippen molar-refractivity contribution in [3.8, 4) is 17.9 Å². The second-order valence-electron chi connectivity index (χ2n) is 10.3. The number of rotatable bonds is 8. The van der Waals surface area contributed by atoms with Gasteiger partial charge < -0.3 is 14.7 Å². The molecule has 1 N–H and O–H groups in total. The number of likely N-dealkylation sites (tertiary alicyclic amines) is 2. The van der Waals surface area contributed by atoms with Gasteiger partial charge in [0, 0.05) is 82.5 Å². The highest BCUT2D eigenvalue weighted by Gasteiger charge is 2.30. The lowest BCUT2D eigenvalue weighted by Gasteiger charge is -2.38. The van der Waals surface area contributed by atoms with Crippen LogP contribution in [0.4, 0.5) is 0 Å². The number of methoxy groups -OCH3 is 1. The number of aliphatic hydroxyl groups is 1. The van der Waals surface area contributed by atoms with E-state index >= 15 is 0 Å². The number of ether oxygens (including phenoxy) is 1. The Balaban J connectivity index is 1.24. The molecule has 0 unspecified atom stereocenters. The molecule has 3 aliphatic heterocycles. The fourth-order valence-electron chi connectivity index (χ4n) is 5.08. The van der Waals surface area contributed by atoms with Crippen molar-refractivity contribution in [1.29, 1.82) is 5.26 Å². The molecule has 1 atom stereocenters. The number of ketones is 1. The summed E-state index contributed by atoms with van der Waals surface area (Å²) < 4.78 is 5.34. The van der Waals surface area contributed by atoms with Crippen LogP contribution < -0.4 is 0 Å². The summed E-state index contributed by atoms with van der Waals surface area (Å²) in [7, 11) is 1.76. The van der Waals surface area contributed by atoms with E-state index in [9.17, 15) is 9.90 Å². The topological polar surface area (TPSA) is 89.2 Å². The number of hydrogen-bond acceptors (Lipinski definition) is 7. The summed E-state index contributed by atoms with van der Waals surface area (Å²) in [5, 5.41) is 19.4. The first-order valence-corrected chi connectivity index (χ1v) is 13.1. The number of Topliss-reactive ketones (excluding diaryl/α,β-unsaturated/α-hetero) is 1. The van der Waals surface area contributed by atoms with Gasteiger partial charge in [0.05, 0.1) is 23.8 Å². The average Bonchev–Trinajstić information content (AvgIpc) is 2.89. The van der Waals surface area contributed by atoms with E-state index in [1.807, 2.05) is 12.1 Å². The highest BCUT2D eigenvalue weighted by molar-refractivity contribution is 6.03. The van der Waals surface area contributed by atoms with Gasteiger partial charge >= 0.3 is 0 Å². The number of aliphatic hydroxyl groups excluding tert-OH is 1. The van der Waals surface area contributed by atoms with Crippen molar-refractivity contribution in [2.45, 2.75) is 31.4 Å². The Morgan fingerprint density at radius 3 is 2.32 bits per heavy atom. The van der Waals surface area contributed by atoms with Crippen LogP contribution >= 0.6 is 0 Å². The Morgan fingerprint density at radius 2 is 1.68 bits per heavy atom. The van der Waals surface area contributed by atoms with Crippen LogP contribution in [0.25, 0.3) is 0 Å². The predicted molar refractivity (Wildman–Crippen MR) is 146 cm³/mol. The number of allylic oxidation sites excluding steroid dienone is 2. The molecule has 0 aromatic heterocycles. The molecule has 194 valence electrons. The molecule has 3 heterocycles. The Morgan fingerprint density at radius 1 is 1.03 bits per heavy atom. The minimum Gasteiger partial charge on any atom is -0.503 e. The van der Waals surface area contributed by atoms with Crippen molar-refractivity contribution in [2.75, 3.05) is 39.8 Å². The van der Waals surface area contributed by atoms with Crippen molar-refractivity contribution in [2.24, 2.45) is 10.9 Å². The zero-order chi connectivity index (χ0) is 26.5. The van der Waals surface area contributed by atoms with Crippen LogP contribution in [0.3, 0.4) is 0 Å². The lowest BCUT2D eigenvalue weighted by Crippen LogP contribution is -2.50. The molecule has 0 aliphatic carbocycles. The summed E-state index contributed by atoms with van der Waals surface area (Å²) in [5.74, 6) is 6.10. The van der Waals surface area contributed by atoms with Crippen LogP contribution in [0.2, 0.25) is 0 Å². The average molecular weight is 509 g/mol.